The lowest BCUT2D eigenvalue weighted by atomic mass is 10.00. The predicted octanol–water partition coefficient (Wildman–Crippen LogP) is 20.5. The Balaban J connectivity index is 5.22. The summed E-state index contributed by atoms with van der Waals surface area (Å²) in [5.41, 5.74) is 0. The molecule has 17 nitrogen and oxygen atoms in total. The van der Waals surface area contributed by atoms with Crippen LogP contribution < -0.4 is 0 Å². The highest BCUT2D eigenvalue weighted by Crippen LogP contribution is 2.45. The van der Waals surface area contributed by atoms with E-state index in [-0.39, 0.29) is 25.7 Å². The van der Waals surface area contributed by atoms with Crippen LogP contribution in [0.2, 0.25) is 0 Å². The van der Waals surface area contributed by atoms with Crippen molar-refractivity contribution in [3.8, 4) is 0 Å². The van der Waals surface area contributed by atoms with Gasteiger partial charge in [0.05, 0.1) is 26.4 Å². The third-order valence-corrected chi connectivity index (χ3v) is 18.8. The largest absolute Gasteiger partial charge is 0.472 e. The van der Waals surface area contributed by atoms with Gasteiger partial charge in [-0.2, -0.15) is 0 Å². The van der Waals surface area contributed by atoms with Gasteiger partial charge in [-0.25, -0.2) is 9.13 Å². The van der Waals surface area contributed by atoms with Crippen molar-refractivity contribution in [2.75, 3.05) is 39.6 Å². The highest BCUT2D eigenvalue weighted by atomic mass is 31.2. The summed E-state index contributed by atoms with van der Waals surface area (Å²) < 4.78 is 68.3. The lowest BCUT2D eigenvalue weighted by Crippen LogP contribution is -2.30. The van der Waals surface area contributed by atoms with Crippen molar-refractivity contribution in [1.29, 1.82) is 0 Å². The van der Waals surface area contributed by atoms with Gasteiger partial charge in [0, 0.05) is 25.7 Å². The van der Waals surface area contributed by atoms with Gasteiger partial charge in [-0.3, -0.25) is 37.3 Å². The SMILES string of the molecule is CCC(C)CCCCCCCCC(=O)O[C@H](COC(=O)CCCCCCCCCCCCCC(C)C)COP(=O)(O)OCC(O)COP(=O)(O)OC[C@@H](COC(=O)CCCCCCCCCC(C)C)OC(=O)CCCCCCCCCCCCCCCCC(C)C. The molecule has 0 saturated carbocycles. The zero-order chi connectivity index (χ0) is 67.5. The molecule has 0 amide bonds. The second-order valence-electron chi connectivity index (χ2n) is 27.6. The first-order valence-corrected chi connectivity index (χ1v) is 40.2. The smallest absolute Gasteiger partial charge is 0.462 e. The van der Waals surface area contributed by atoms with Crippen molar-refractivity contribution < 1.29 is 80.2 Å². The van der Waals surface area contributed by atoms with Gasteiger partial charge in [0.1, 0.15) is 19.3 Å². The van der Waals surface area contributed by atoms with Gasteiger partial charge in [0.15, 0.2) is 12.2 Å². The average Bonchev–Trinajstić information content (AvgIpc) is 3.66. The molecular weight excluding hydrogens is 1200 g/mol. The van der Waals surface area contributed by atoms with E-state index < -0.39 is 97.5 Å². The molecule has 540 valence electrons. The van der Waals surface area contributed by atoms with Crippen LogP contribution in [-0.2, 0) is 65.4 Å². The van der Waals surface area contributed by atoms with Crippen LogP contribution in [-0.4, -0.2) is 96.7 Å². The Morgan fingerprint density at radius 2 is 0.527 bits per heavy atom. The van der Waals surface area contributed by atoms with E-state index in [1.54, 1.807) is 0 Å². The van der Waals surface area contributed by atoms with E-state index in [1.807, 2.05) is 0 Å². The zero-order valence-electron chi connectivity index (χ0n) is 59.5. The Kier molecular flexibility index (Phi) is 60.3. The molecule has 0 heterocycles. The fraction of sp³-hybridized carbons (Fsp3) is 0.944. The van der Waals surface area contributed by atoms with Crippen LogP contribution in [0, 0.1) is 23.7 Å². The highest BCUT2D eigenvalue weighted by molar-refractivity contribution is 7.47. The third kappa shape index (κ3) is 65.1. The minimum absolute atomic E-state index is 0.102. The number of carbonyl (C=O) groups excluding carboxylic acids is 4. The number of rotatable bonds is 69. The predicted molar refractivity (Wildman–Crippen MR) is 367 cm³/mol. The van der Waals surface area contributed by atoms with Crippen molar-refractivity contribution in [2.45, 2.75) is 375 Å². The zero-order valence-corrected chi connectivity index (χ0v) is 61.3. The van der Waals surface area contributed by atoms with E-state index in [0.29, 0.717) is 31.6 Å². The maximum Gasteiger partial charge on any atom is 0.472 e. The lowest BCUT2D eigenvalue weighted by molar-refractivity contribution is -0.161. The molecule has 0 saturated heterocycles. The molecule has 0 aliphatic carbocycles. The Hall–Kier alpha value is -1.94. The number of hydrogen-bond acceptors (Lipinski definition) is 15. The van der Waals surface area contributed by atoms with Crippen molar-refractivity contribution in [2.24, 2.45) is 23.7 Å². The van der Waals surface area contributed by atoms with Crippen LogP contribution in [0.3, 0.4) is 0 Å². The molecule has 0 aliphatic rings. The number of aliphatic hydroxyl groups is 1. The van der Waals surface area contributed by atoms with Gasteiger partial charge in [0.25, 0.3) is 0 Å². The number of unbranched alkanes of at least 4 members (excludes halogenated alkanes) is 34. The number of phosphoric ester groups is 2. The molecule has 6 atom stereocenters. The molecule has 4 unspecified atom stereocenters. The van der Waals surface area contributed by atoms with E-state index in [2.05, 4.69) is 55.4 Å². The molecule has 0 aromatic carbocycles. The quantitative estimate of drug-likeness (QED) is 0.0222. The Morgan fingerprint density at radius 3 is 0.780 bits per heavy atom. The molecule has 0 aliphatic heterocycles. The fourth-order valence-corrected chi connectivity index (χ4v) is 12.4. The van der Waals surface area contributed by atoms with Crippen molar-refractivity contribution in [1.82, 2.24) is 0 Å². The molecule has 91 heavy (non-hydrogen) atoms. The minimum Gasteiger partial charge on any atom is -0.462 e. The molecule has 0 rings (SSSR count). The first-order valence-electron chi connectivity index (χ1n) is 37.2. The number of phosphoric acid groups is 2. The third-order valence-electron chi connectivity index (χ3n) is 16.9. The summed E-state index contributed by atoms with van der Waals surface area (Å²) in [6.07, 6.45) is 44.6. The molecule has 0 radical (unpaired) electrons. The summed E-state index contributed by atoms with van der Waals surface area (Å²) >= 11 is 0. The Morgan fingerprint density at radius 1 is 0.308 bits per heavy atom. The van der Waals surface area contributed by atoms with Crippen LogP contribution in [0.15, 0.2) is 0 Å². The number of carbonyl (C=O) groups is 4. The van der Waals surface area contributed by atoms with Crippen molar-refractivity contribution >= 4 is 39.5 Å². The number of esters is 4. The standard InChI is InChI=1S/C72H140O17P2/c1-9-65(8)51-43-35-30-31-39-47-55-72(77)89-68(59-82-69(74)52-44-36-27-21-18-14-16-20-25-33-41-49-63(4)5)61-87-91(80,81)85-57-66(73)56-84-90(78,79)86-60-67(58-83-70(75)53-45-37-29-23-26-34-42-50-64(6)7)88-71(76)54-46-38-28-22-17-13-11-10-12-15-19-24-32-40-48-62(2)3/h62-68,73H,9-61H2,1-8H3,(H,78,79)(H,80,81)/t65?,66?,67-,68-/m1/s1. The van der Waals surface area contributed by atoms with E-state index in [1.165, 1.54) is 154 Å². The first-order chi connectivity index (χ1) is 43.6. The van der Waals surface area contributed by atoms with Crippen LogP contribution in [0.4, 0.5) is 0 Å². The summed E-state index contributed by atoms with van der Waals surface area (Å²) in [6, 6.07) is 0. The monoisotopic (exact) mass is 1340 g/mol. The van der Waals surface area contributed by atoms with Gasteiger partial charge in [-0.05, 0) is 49.4 Å². The van der Waals surface area contributed by atoms with Crippen LogP contribution in [0.5, 0.6) is 0 Å². The summed E-state index contributed by atoms with van der Waals surface area (Å²) in [7, 11) is -9.91. The maximum atomic E-state index is 13.0. The Labute approximate surface area is 556 Å². The summed E-state index contributed by atoms with van der Waals surface area (Å²) in [4.78, 5) is 72.6. The summed E-state index contributed by atoms with van der Waals surface area (Å²) in [5, 5.41) is 10.6. The van der Waals surface area contributed by atoms with Crippen LogP contribution in [0.1, 0.15) is 357 Å². The topological polar surface area (TPSA) is 237 Å². The molecule has 0 aromatic heterocycles. The van der Waals surface area contributed by atoms with E-state index >= 15 is 0 Å². The van der Waals surface area contributed by atoms with Gasteiger partial charge in [0.2, 0.25) is 0 Å². The van der Waals surface area contributed by atoms with E-state index in [9.17, 15) is 43.2 Å². The summed E-state index contributed by atoms with van der Waals surface area (Å²) in [6.45, 7) is 14.1. The second kappa shape index (κ2) is 61.6. The molecule has 0 spiro atoms. The first kappa shape index (κ1) is 89.1. The number of aliphatic hydroxyl groups excluding tert-OH is 1. The van der Waals surface area contributed by atoms with Gasteiger partial charge >= 0.3 is 39.5 Å². The van der Waals surface area contributed by atoms with Gasteiger partial charge in [-0.15, -0.1) is 0 Å². The molecule has 0 bridgehead atoms. The average molecular weight is 1340 g/mol. The van der Waals surface area contributed by atoms with Crippen LogP contribution in [0.25, 0.3) is 0 Å². The Bertz CT molecular complexity index is 1800. The molecule has 0 aromatic rings. The number of ether oxygens (including phenoxy) is 4. The van der Waals surface area contributed by atoms with Crippen molar-refractivity contribution in [3.05, 3.63) is 0 Å². The number of hydrogen-bond donors (Lipinski definition) is 3. The van der Waals surface area contributed by atoms with E-state index in [4.69, 9.17) is 37.0 Å². The van der Waals surface area contributed by atoms with E-state index in [0.717, 1.165) is 114 Å². The molecule has 19 heteroatoms. The lowest BCUT2D eigenvalue weighted by Gasteiger charge is -2.21. The second-order valence-corrected chi connectivity index (χ2v) is 30.6. The minimum atomic E-state index is -4.95. The van der Waals surface area contributed by atoms with Crippen LogP contribution >= 0.6 is 15.6 Å². The van der Waals surface area contributed by atoms with Crippen molar-refractivity contribution in [3.63, 3.8) is 0 Å². The van der Waals surface area contributed by atoms with Gasteiger partial charge < -0.3 is 33.8 Å². The highest BCUT2D eigenvalue weighted by Gasteiger charge is 2.30. The molecule has 3 N–H and O–H groups in total. The molecule has 0 fully saturated rings. The normalized spacial score (nSPS) is 14.5. The summed E-state index contributed by atoms with van der Waals surface area (Å²) in [5.74, 6) is 0.862. The van der Waals surface area contributed by atoms with Gasteiger partial charge in [-0.1, -0.05) is 306 Å². The fourth-order valence-electron chi connectivity index (χ4n) is 10.8. The molecular formula is C72H140O17P2. The maximum absolute atomic E-state index is 13.0.